The number of aromatic hydroxyl groups is 1. The molecule has 0 spiro atoms. The highest BCUT2D eigenvalue weighted by Gasteiger charge is 2.14. The molecule has 1 aromatic carbocycles. The fraction of sp³-hybridized carbons (Fsp3) is 0.154. The van der Waals surface area contributed by atoms with Crippen molar-refractivity contribution in [2.45, 2.75) is 13.3 Å². The average molecular weight is 275 g/mol. The molecule has 0 saturated heterocycles. The Kier molecular flexibility index (Phi) is 3.43. The molecule has 0 atom stereocenters. The van der Waals surface area contributed by atoms with E-state index >= 15 is 0 Å². The van der Waals surface area contributed by atoms with Gasteiger partial charge in [-0.25, -0.2) is 9.36 Å². The normalized spacial score (nSPS) is 10.4. The standard InChI is InChI=1S/C13H13N3O4/c1-2-9-11(18)15-13(20)16(12(9)19)8-5-3-7(4-6-8)10(14)17/h3-6,19H,2H2,1H3,(H2,14,17)(H,15,18,20). The van der Waals surface area contributed by atoms with Crippen molar-refractivity contribution < 1.29 is 9.90 Å². The third kappa shape index (κ3) is 2.20. The van der Waals surface area contributed by atoms with Gasteiger partial charge in [0.25, 0.3) is 5.56 Å². The van der Waals surface area contributed by atoms with Crippen LogP contribution in [0.3, 0.4) is 0 Å². The summed E-state index contributed by atoms with van der Waals surface area (Å²) in [7, 11) is 0. The fourth-order valence-corrected chi connectivity index (χ4v) is 1.89. The molecule has 0 aliphatic heterocycles. The summed E-state index contributed by atoms with van der Waals surface area (Å²) in [6, 6.07) is 5.78. The number of aromatic amines is 1. The van der Waals surface area contributed by atoms with Crippen molar-refractivity contribution in [1.29, 1.82) is 0 Å². The maximum Gasteiger partial charge on any atom is 0.335 e. The summed E-state index contributed by atoms with van der Waals surface area (Å²) in [4.78, 5) is 36.5. The molecule has 0 saturated carbocycles. The number of amides is 1. The van der Waals surface area contributed by atoms with E-state index in [1.807, 2.05) is 0 Å². The minimum Gasteiger partial charge on any atom is -0.494 e. The molecule has 7 heteroatoms. The van der Waals surface area contributed by atoms with Gasteiger partial charge in [-0.15, -0.1) is 0 Å². The first-order valence-corrected chi connectivity index (χ1v) is 5.93. The van der Waals surface area contributed by atoms with Crippen LogP contribution in [0.5, 0.6) is 5.88 Å². The Balaban J connectivity index is 2.66. The van der Waals surface area contributed by atoms with Crippen LogP contribution in [0.1, 0.15) is 22.8 Å². The summed E-state index contributed by atoms with van der Waals surface area (Å²) in [6.07, 6.45) is 0.279. The number of carbonyl (C=O) groups is 1. The number of carbonyl (C=O) groups excluding carboxylic acids is 1. The van der Waals surface area contributed by atoms with E-state index in [2.05, 4.69) is 4.98 Å². The van der Waals surface area contributed by atoms with Gasteiger partial charge >= 0.3 is 5.69 Å². The van der Waals surface area contributed by atoms with E-state index in [1.165, 1.54) is 24.3 Å². The van der Waals surface area contributed by atoms with Crippen molar-refractivity contribution >= 4 is 5.91 Å². The lowest BCUT2D eigenvalue weighted by Gasteiger charge is -2.10. The number of nitrogens with zero attached hydrogens (tertiary/aromatic N) is 1. The predicted molar refractivity (Wildman–Crippen MR) is 72.2 cm³/mol. The Hall–Kier alpha value is -2.83. The third-order valence-corrected chi connectivity index (χ3v) is 2.94. The van der Waals surface area contributed by atoms with Crippen LogP contribution in [0.4, 0.5) is 0 Å². The van der Waals surface area contributed by atoms with E-state index in [0.29, 0.717) is 5.69 Å². The van der Waals surface area contributed by atoms with Gasteiger partial charge in [0.15, 0.2) is 0 Å². The molecule has 7 nitrogen and oxygen atoms in total. The molecule has 104 valence electrons. The highest BCUT2D eigenvalue weighted by atomic mass is 16.3. The van der Waals surface area contributed by atoms with Crippen LogP contribution in [0.2, 0.25) is 0 Å². The van der Waals surface area contributed by atoms with Crippen LogP contribution in [0, 0.1) is 0 Å². The lowest BCUT2D eigenvalue weighted by Crippen LogP contribution is -2.31. The minimum atomic E-state index is -0.753. The first kappa shape index (κ1) is 13.6. The quantitative estimate of drug-likeness (QED) is 0.724. The molecule has 2 aromatic rings. The molecule has 0 fully saturated rings. The SMILES string of the molecule is CCc1c(O)n(-c2ccc(C(N)=O)cc2)c(=O)[nH]c1=O. The van der Waals surface area contributed by atoms with Crippen molar-refractivity contribution in [2.75, 3.05) is 0 Å². The molecule has 4 N–H and O–H groups in total. The maximum atomic E-state index is 11.8. The van der Waals surface area contributed by atoms with Crippen LogP contribution in [-0.4, -0.2) is 20.6 Å². The van der Waals surface area contributed by atoms with E-state index in [9.17, 15) is 19.5 Å². The summed E-state index contributed by atoms with van der Waals surface area (Å²) in [5.74, 6) is -1.00. The maximum absolute atomic E-state index is 11.8. The summed E-state index contributed by atoms with van der Waals surface area (Å²) < 4.78 is 0.963. The number of benzene rings is 1. The van der Waals surface area contributed by atoms with E-state index < -0.39 is 23.0 Å². The van der Waals surface area contributed by atoms with Gasteiger partial charge in [-0.3, -0.25) is 14.6 Å². The van der Waals surface area contributed by atoms with Crippen LogP contribution in [0.25, 0.3) is 5.69 Å². The first-order valence-electron chi connectivity index (χ1n) is 5.93. The lowest BCUT2D eigenvalue weighted by atomic mass is 10.2. The van der Waals surface area contributed by atoms with Crippen molar-refractivity contribution in [2.24, 2.45) is 5.73 Å². The molecule has 0 aliphatic carbocycles. The van der Waals surface area contributed by atoms with Crippen molar-refractivity contribution in [3.05, 3.63) is 56.2 Å². The predicted octanol–water partition coefficient (Wildman–Crippen LogP) is -0.107. The fourth-order valence-electron chi connectivity index (χ4n) is 1.89. The highest BCUT2D eigenvalue weighted by Crippen LogP contribution is 2.17. The van der Waals surface area contributed by atoms with Crippen LogP contribution in [0.15, 0.2) is 33.9 Å². The first-order chi connectivity index (χ1) is 9.45. The Morgan fingerprint density at radius 2 is 1.90 bits per heavy atom. The molecule has 0 unspecified atom stereocenters. The van der Waals surface area contributed by atoms with E-state index in [1.54, 1.807) is 6.92 Å². The molecular formula is C13H13N3O4. The van der Waals surface area contributed by atoms with Crippen LogP contribution < -0.4 is 17.0 Å². The summed E-state index contributed by atoms with van der Waals surface area (Å²) in [5.41, 5.74) is 4.48. The zero-order valence-electron chi connectivity index (χ0n) is 10.7. The zero-order chi connectivity index (χ0) is 14.9. The molecular weight excluding hydrogens is 262 g/mol. The molecule has 0 aliphatic rings. The number of hydrogen-bond acceptors (Lipinski definition) is 4. The van der Waals surface area contributed by atoms with Gasteiger partial charge < -0.3 is 10.8 Å². The van der Waals surface area contributed by atoms with E-state index in [-0.39, 0.29) is 17.5 Å². The number of nitrogens with one attached hydrogen (secondary N) is 1. The smallest absolute Gasteiger partial charge is 0.335 e. The number of H-pyrrole nitrogens is 1. The molecule has 1 heterocycles. The second kappa shape index (κ2) is 5.04. The number of rotatable bonds is 3. The zero-order valence-corrected chi connectivity index (χ0v) is 10.7. The summed E-state index contributed by atoms with van der Waals surface area (Å²) in [5, 5.41) is 10.0. The van der Waals surface area contributed by atoms with Crippen molar-refractivity contribution in [3.8, 4) is 11.6 Å². The topological polar surface area (TPSA) is 118 Å². The Morgan fingerprint density at radius 3 is 2.40 bits per heavy atom. The van der Waals surface area contributed by atoms with Crippen LogP contribution >= 0.6 is 0 Å². The van der Waals surface area contributed by atoms with Gasteiger partial charge in [-0.05, 0) is 30.7 Å². The minimum absolute atomic E-state index is 0.114. The van der Waals surface area contributed by atoms with Crippen LogP contribution in [-0.2, 0) is 6.42 Å². The molecule has 2 rings (SSSR count). The lowest BCUT2D eigenvalue weighted by molar-refractivity contribution is 0.100. The van der Waals surface area contributed by atoms with Gasteiger partial charge in [0.05, 0.1) is 11.3 Å². The number of nitrogens with two attached hydrogens (primary N) is 1. The molecule has 0 bridgehead atoms. The number of aromatic nitrogens is 2. The number of primary amides is 1. The Bertz CT molecular complexity index is 772. The summed E-state index contributed by atoms with van der Waals surface area (Å²) >= 11 is 0. The Morgan fingerprint density at radius 1 is 1.30 bits per heavy atom. The monoisotopic (exact) mass is 275 g/mol. The summed E-state index contributed by atoms with van der Waals surface area (Å²) in [6.45, 7) is 1.69. The molecule has 20 heavy (non-hydrogen) atoms. The van der Waals surface area contributed by atoms with Crippen molar-refractivity contribution in [1.82, 2.24) is 9.55 Å². The molecule has 1 aromatic heterocycles. The molecule has 0 radical (unpaired) electrons. The third-order valence-electron chi connectivity index (χ3n) is 2.94. The van der Waals surface area contributed by atoms with Gasteiger partial charge in [-0.2, -0.15) is 0 Å². The van der Waals surface area contributed by atoms with Gasteiger partial charge in [0.1, 0.15) is 0 Å². The van der Waals surface area contributed by atoms with E-state index in [0.717, 1.165) is 4.57 Å². The van der Waals surface area contributed by atoms with Gasteiger partial charge in [0.2, 0.25) is 11.8 Å². The number of hydrogen-bond donors (Lipinski definition) is 3. The van der Waals surface area contributed by atoms with Crippen molar-refractivity contribution in [3.63, 3.8) is 0 Å². The highest BCUT2D eigenvalue weighted by molar-refractivity contribution is 5.92. The second-order valence-corrected chi connectivity index (χ2v) is 4.16. The Labute approximate surface area is 113 Å². The van der Waals surface area contributed by atoms with E-state index in [4.69, 9.17) is 5.73 Å². The van der Waals surface area contributed by atoms with Gasteiger partial charge in [-0.1, -0.05) is 6.92 Å². The second-order valence-electron chi connectivity index (χ2n) is 4.16. The van der Waals surface area contributed by atoms with Gasteiger partial charge in [0, 0.05) is 5.56 Å². The molecule has 1 amide bonds. The largest absolute Gasteiger partial charge is 0.494 e. The average Bonchev–Trinajstić information content (AvgIpc) is 2.39.